The van der Waals surface area contributed by atoms with Crippen molar-refractivity contribution in [3.05, 3.63) is 400 Å². The molecule has 0 unspecified atom stereocenters. The van der Waals surface area contributed by atoms with E-state index in [9.17, 15) is 0 Å². The van der Waals surface area contributed by atoms with Gasteiger partial charge in [-0.2, -0.15) is 0 Å². The number of benzene rings is 18. The van der Waals surface area contributed by atoms with Crippen molar-refractivity contribution in [2.24, 2.45) is 0 Å². The zero-order valence-corrected chi connectivity index (χ0v) is 63.2. The highest BCUT2D eigenvalue weighted by Gasteiger charge is 2.24. The fourth-order valence-electron chi connectivity index (χ4n) is 16.6. The fourth-order valence-corrected chi connectivity index (χ4v) is 19.0. The van der Waals surface area contributed by atoms with Crippen molar-refractivity contribution in [1.29, 1.82) is 0 Å². The predicted octanol–water partition coefficient (Wildman–Crippen LogP) is 29.1. The van der Waals surface area contributed by atoms with E-state index >= 15 is 0 Å². The van der Waals surface area contributed by atoms with Crippen LogP contribution in [-0.2, 0) is 0 Å². The van der Waals surface area contributed by atoms with E-state index in [0.29, 0.717) is 34.9 Å². The molecule has 22 rings (SSSR count). The van der Waals surface area contributed by atoms with E-state index in [2.05, 4.69) is 364 Å². The normalized spacial score (nSPS) is 11.5. The first-order valence-electron chi connectivity index (χ1n) is 38.4. The Morgan fingerprint density at radius 2 is 0.447 bits per heavy atom. The maximum absolute atomic E-state index is 5.28. The van der Waals surface area contributed by atoms with Crippen molar-refractivity contribution in [3.8, 4) is 135 Å². The Hall–Kier alpha value is -14.5. The van der Waals surface area contributed by atoms with Crippen LogP contribution in [0, 0.1) is 0 Å². The van der Waals surface area contributed by atoms with Crippen LogP contribution >= 0.6 is 22.7 Å². The van der Waals surface area contributed by atoms with Crippen molar-refractivity contribution in [1.82, 2.24) is 29.9 Å². The maximum atomic E-state index is 5.28. The fraction of sp³-hybridized carbons (Fsp3) is 0. The number of thiophene rings is 2. The molecule has 0 N–H and O–H groups in total. The smallest absolute Gasteiger partial charge is 0.165 e. The molecule has 4 heterocycles. The van der Waals surface area contributed by atoms with Gasteiger partial charge in [-0.15, -0.1) is 22.7 Å². The van der Waals surface area contributed by atoms with Crippen molar-refractivity contribution in [2.45, 2.75) is 0 Å². The molecule has 0 bridgehead atoms. The molecule has 0 amide bonds. The van der Waals surface area contributed by atoms with Crippen LogP contribution in [0.15, 0.2) is 400 Å². The largest absolute Gasteiger partial charge is 0.208 e. The summed E-state index contributed by atoms with van der Waals surface area (Å²) in [5.74, 6) is 3.89. The number of rotatable bonds is 12. The highest BCUT2D eigenvalue weighted by molar-refractivity contribution is 7.26. The van der Waals surface area contributed by atoms with Gasteiger partial charge in [-0.05, 0) is 146 Å². The molecule has 0 radical (unpaired) electrons. The number of fused-ring (bicyclic) bond motifs is 10. The molecule has 4 aromatic heterocycles. The van der Waals surface area contributed by atoms with Crippen molar-refractivity contribution in [2.75, 3.05) is 0 Å². The maximum Gasteiger partial charge on any atom is 0.165 e. The van der Waals surface area contributed by atoms with Crippen LogP contribution < -0.4 is 0 Å². The van der Waals surface area contributed by atoms with Gasteiger partial charge in [0, 0.05) is 73.7 Å². The lowest BCUT2D eigenvalue weighted by Gasteiger charge is -2.20. The number of hydrogen-bond acceptors (Lipinski definition) is 8. The third-order valence-electron chi connectivity index (χ3n) is 21.9. The first-order valence-corrected chi connectivity index (χ1v) is 40.0. The summed E-state index contributed by atoms with van der Waals surface area (Å²) in [5, 5.41) is 14.6. The Kier molecular flexibility index (Phi) is 17.2. The average Bonchev–Trinajstić information content (AvgIpc) is 1.34. The molecular formula is C106H66N6S2. The molecule has 0 saturated heterocycles. The lowest BCUT2D eigenvalue weighted by Crippen LogP contribution is -2.00. The molecule has 0 spiro atoms. The minimum Gasteiger partial charge on any atom is -0.208 e. The van der Waals surface area contributed by atoms with E-state index in [4.69, 9.17) is 29.9 Å². The third-order valence-corrected chi connectivity index (χ3v) is 24.3. The second kappa shape index (κ2) is 29.0. The van der Waals surface area contributed by atoms with Gasteiger partial charge in [0.25, 0.3) is 0 Å². The number of aromatic nitrogens is 6. The van der Waals surface area contributed by atoms with Gasteiger partial charge in [0.15, 0.2) is 34.9 Å². The van der Waals surface area contributed by atoms with Crippen LogP contribution in [0.25, 0.3) is 219 Å². The first kappa shape index (κ1) is 67.6. The first-order chi connectivity index (χ1) is 56.5. The summed E-state index contributed by atoms with van der Waals surface area (Å²) in [5.41, 5.74) is 19.9. The molecule has 18 aromatic carbocycles. The molecule has 0 aliphatic heterocycles. The summed E-state index contributed by atoms with van der Waals surface area (Å²) in [7, 11) is 0. The molecule has 0 fully saturated rings. The van der Waals surface area contributed by atoms with E-state index < -0.39 is 0 Å². The summed E-state index contributed by atoms with van der Waals surface area (Å²) in [6, 6.07) is 142. The quantitative estimate of drug-likeness (QED) is 0.121. The van der Waals surface area contributed by atoms with Crippen LogP contribution in [0.2, 0.25) is 0 Å². The summed E-state index contributed by atoms with van der Waals surface area (Å²) in [6.07, 6.45) is 0. The molecule has 8 heteroatoms. The Labute approximate surface area is 666 Å². The minimum absolute atomic E-state index is 0.635. The zero-order valence-electron chi connectivity index (χ0n) is 61.6. The van der Waals surface area contributed by atoms with Crippen LogP contribution in [0.5, 0.6) is 0 Å². The Bertz CT molecular complexity index is 7480. The SMILES string of the molecule is c1ccc(-c2nc(-c3cccc(-c4c(-c5c(-c6ccccc6)ccc6ccccc56)ccc5ccccc45)c3)nc(-c3cccc4c3sc3ccccc34)n2)cc1.c1ccc(-c2nc(-c3cccc(-c4c(-c5ccc(-c6ccccc6)c6ccccc56)ccc5ccccc45)c3)nc(-c3cccc4c3sc3ccccc34)n2)cc1. The van der Waals surface area contributed by atoms with Crippen LogP contribution in [0.4, 0.5) is 0 Å². The lowest BCUT2D eigenvalue weighted by atomic mass is 9.84. The standard InChI is InChI=1S/2C53H33N3S/c1-3-15-34(16-4-1)42-31-29-36-18-8-10-24-41(36)49(42)45-32-30-35-17-7-9-23-40(35)48(45)38-21-13-22-39(33-38)52-54-51(37-19-5-2-6-20-37)55-53(56-52)46-27-14-26-44-43-25-11-12-28-47(43)57-50(44)46;1-3-15-34(16-4-1)39-31-32-43(42-24-10-9-23-41(39)42)45-30-29-35-17-7-8-22-40(35)49(45)37-20-13-21-38(33-37)52-54-51(36-18-5-2-6-19-36)55-53(56-52)47-27-14-26-46-44-25-11-12-28-48(44)57-50(46)47/h2*1-33H. The predicted molar refractivity (Wildman–Crippen MR) is 481 cm³/mol. The highest BCUT2D eigenvalue weighted by Crippen LogP contribution is 2.49. The van der Waals surface area contributed by atoms with Crippen molar-refractivity contribution in [3.63, 3.8) is 0 Å². The number of hydrogen-bond donors (Lipinski definition) is 0. The summed E-state index contributed by atoms with van der Waals surface area (Å²) in [4.78, 5) is 31.2. The molecule has 0 atom stereocenters. The van der Waals surface area contributed by atoms with Crippen molar-refractivity contribution < 1.29 is 0 Å². The monoisotopic (exact) mass is 1490 g/mol. The van der Waals surface area contributed by atoms with Gasteiger partial charge in [0.05, 0.1) is 0 Å². The second-order valence-electron chi connectivity index (χ2n) is 28.6. The molecule has 114 heavy (non-hydrogen) atoms. The molecule has 22 aromatic rings. The van der Waals surface area contributed by atoms with Gasteiger partial charge in [-0.1, -0.05) is 364 Å². The van der Waals surface area contributed by atoms with Gasteiger partial charge in [0.1, 0.15) is 0 Å². The van der Waals surface area contributed by atoms with Crippen LogP contribution in [0.3, 0.4) is 0 Å². The van der Waals surface area contributed by atoms with E-state index in [1.807, 2.05) is 36.4 Å². The van der Waals surface area contributed by atoms with E-state index in [0.717, 1.165) is 44.5 Å². The van der Waals surface area contributed by atoms with Gasteiger partial charge < -0.3 is 0 Å². The van der Waals surface area contributed by atoms with Crippen LogP contribution in [0.1, 0.15) is 0 Å². The molecule has 532 valence electrons. The summed E-state index contributed by atoms with van der Waals surface area (Å²) in [6.45, 7) is 0. The Morgan fingerprint density at radius 3 is 0.921 bits per heavy atom. The van der Waals surface area contributed by atoms with Gasteiger partial charge in [0.2, 0.25) is 0 Å². The summed E-state index contributed by atoms with van der Waals surface area (Å²) < 4.78 is 4.85. The second-order valence-corrected chi connectivity index (χ2v) is 30.7. The molecular weight excluding hydrogens is 1420 g/mol. The summed E-state index contributed by atoms with van der Waals surface area (Å²) >= 11 is 3.57. The molecule has 6 nitrogen and oxygen atoms in total. The average molecular weight is 1490 g/mol. The number of nitrogens with zero attached hydrogens (tertiary/aromatic N) is 6. The van der Waals surface area contributed by atoms with Gasteiger partial charge >= 0.3 is 0 Å². The van der Waals surface area contributed by atoms with E-state index in [1.165, 1.54) is 139 Å². The van der Waals surface area contributed by atoms with Gasteiger partial charge in [-0.3, -0.25) is 0 Å². The lowest BCUT2D eigenvalue weighted by molar-refractivity contribution is 1.08. The molecule has 0 saturated carbocycles. The van der Waals surface area contributed by atoms with Gasteiger partial charge in [-0.25, -0.2) is 29.9 Å². The third kappa shape index (κ3) is 12.3. The van der Waals surface area contributed by atoms with Crippen LogP contribution in [-0.4, -0.2) is 29.9 Å². The molecule has 0 aliphatic carbocycles. The zero-order chi connectivity index (χ0) is 75.4. The van der Waals surface area contributed by atoms with E-state index in [1.54, 1.807) is 22.7 Å². The Morgan fingerprint density at radius 1 is 0.149 bits per heavy atom. The van der Waals surface area contributed by atoms with Crippen molar-refractivity contribution >= 4 is 106 Å². The minimum atomic E-state index is 0.635. The molecule has 0 aliphatic rings. The van der Waals surface area contributed by atoms with E-state index in [-0.39, 0.29) is 0 Å². The topological polar surface area (TPSA) is 77.3 Å². The Balaban J connectivity index is 0.000000143. The highest BCUT2D eigenvalue weighted by atomic mass is 32.1.